The third-order valence-corrected chi connectivity index (χ3v) is 3.00. The number of amides is 2. The highest BCUT2D eigenvalue weighted by Crippen LogP contribution is 2.30. The van der Waals surface area contributed by atoms with Gasteiger partial charge in [0.2, 0.25) is 0 Å². The molecule has 2 amide bonds. The molecule has 0 radical (unpaired) electrons. The van der Waals surface area contributed by atoms with Crippen molar-refractivity contribution in [2.45, 2.75) is 13.3 Å². The van der Waals surface area contributed by atoms with Crippen molar-refractivity contribution in [3.63, 3.8) is 0 Å². The van der Waals surface area contributed by atoms with E-state index < -0.39 is 0 Å². The molecule has 0 saturated carbocycles. The van der Waals surface area contributed by atoms with Crippen LogP contribution in [-0.4, -0.2) is 19.1 Å². The van der Waals surface area contributed by atoms with Crippen molar-refractivity contribution in [3.8, 4) is 0 Å². The largest absolute Gasteiger partial charge is 0.338 e. The first kappa shape index (κ1) is 10.5. The number of benzene rings is 1. The van der Waals surface area contributed by atoms with Gasteiger partial charge in [0.1, 0.15) is 0 Å². The number of nitrogens with zero attached hydrogens (tertiary/aromatic N) is 1. The van der Waals surface area contributed by atoms with Crippen LogP contribution in [0.5, 0.6) is 0 Å². The van der Waals surface area contributed by atoms with Crippen LogP contribution in [0, 0.1) is 0 Å². The number of carbonyl (C=O) groups excluding carboxylic acids is 1. The van der Waals surface area contributed by atoms with Gasteiger partial charge in [0.15, 0.2) is 0 Å². The van der Waals surface area contributed by atoms with Gasteiger partial charge < -0.3 is 5.32 Å². The van der Waals surface area contributed by atoms with Crippen molar-refractivity contribution in [3.05, 3.63) is 28.2 Å². The molecule has 1 aliphatic heterocycles. The summed E-state index contributed by atoms with van der Waals surface area (Å²) in [6.07, 6.45) is 0.936. The minimum absolute atomic E-state index is 0.00132. The summed E-state index contributed by atoms with van der Waals surface area (Å²) < 4.78 is 1.07. The summed E-state index contributed by atoms with van der Waals surface area (Å²) in [5.41, 5.74) is 2.26. The average Bonchev–Trinajstić information content (AvgIpc) is 2.60. The van der Waals surface area contributed by atoms with Crippen LogP contribution in [-0.2, 0) is 6.42 Å². The Kier molecular flexibility index (Phi) is 2.95. The number of hydrogen-bond acceptors (Lipinski definition) is 1. The van der Waals surface area contributed by atoms with Crippen molar-refractivity contribution in [1.82, 2.24) is 5.32 Å². The molecule has 15 heavy (non-hydrogen) atoms. The zero-order chi connectivity index (χ0) is 10.8. The molecule has 1 N–H and O–H groups in total. The first-order valence-corrected chi connectivity index (χ1v) is 5.85. The molecule has 80 valence electrons. The Hall–Kier alpha value is -1.03. The zero-order valence-corrected chi connectivity index (χ0v) is 10.2. The smallest absolute Gasteiger partial charge is 0.321 e. The highest BCUT2D eigenvalue weighted by Gasteiger charge is 2.23. The van der Waals surface area contributed by atoms with Crippen LogP contribution < -0.4 is 10.2 Å². The molecular formula is C11H13BrN2O. The van der Waals surface area contributed by atoms with Gasteiger partial charge in [-0.2, -0.15) is 0 Å². The molecule has 3 nitrogen and oxygen atoms in total. The fourth-order valence-corrected chi connectivity index (χ4v) is 2.24. The van der Waals surface area contributed by atoms with E-state index in [1.54, 1.807) is 4.90 Å². The SMILES string of the molecule is CCNC(=O)N1CCc2cc(Br)ccc21. The van der Waals surface area contributed by atoms with E-state index in [1.165, 1.54) is 5.56 Å². The Balaban J connectivity index is 2.25. The number of fused-ring (bicyclic) bond motifs is 1. The van der Waals surface area contributed by atoms with E-state index in [2.05, 4.69) is 27.3 Å². The van der Waals surface area contributed by atoms with E-state index in [1.807, 2.05) is 19.1 Å². The summed E-state index contributed by atoms with van der Waals surface area (Å²) in [6, 6.07) is 6.03. The predicted molar refractivity (Wildman–Crippen MR) is 64.3 cm³/mol. The van der Waals surface area contributed by atoms with E-state index in [4.69, 9.17) is 0 Å². The maximum Gasteiger partial charge on any atom is 0.321 e. The summed E-state index contributed by atoms with van der Waals surface area (Å²) in [4.78, 5) is 13.5. The third-order valence-electron chi connectivity index (χ3n) is 2.51. The van der Waals surface area contributed by atoms with E-state index in [0.717, 1.165) is 23.1 Å². The Morgan fingerprint density at radius 1 is 1.60 bits per heavy atom. The predicted octanol–water partition coefficient (Wildman–Crippen LogP) is 2.54. The highest BCUT2D eigenvalue weighted by molar-refractivity contribution is 9.10. The number of nitrogens with one attached hydrogen (secondary N) is 1. The van der Waals surface area contributed by atoms with Crippen molar-refractivity contribution in [2.75, 3.05) is 18.0 Å². The minimum Gasteiger partial charge on any atom is -0.338 e. The number of anilines is 1. The molecule has 0 aliphatic carbocycles. The van der Waals surface area contributed by atoms with Crippen LogP contribution in [0.1, 0.15) is 12.5 Å². The molecule has 1 aromatic rings. The molecule has 1 aromatic carbocycles. The number of rotatable bonds is 1. The standard InChI is InChI=1S/C11H13BrN2O/c1-2-13-11(15)14-6-5-8-7-9(12)3-4-10(8)14/h3-4,7H,2,5-6H2,1H3,(H,13,15). The molecule has 1 aliphatic rings. The Labute approximate surface area is 97.6 Å². The average molecular weight is 269 g/mol. The summed E-state index contributed by atoms with van der Waals surface area (Å²) in [5, 5.41) is 2.82. The molecule has 0 fully saturated rings. The first-order chi connectivity index (χ1) is 7.22. The Bertz CT molecular complexity index is 392. The molecular weight excluding hydrogens is 256 g/mol. The van der Waals surface area contributed by atoms with Crippen LogP contribution in [0.3, 0.4) is 0 Å². The normalized spacial score (nSPS) is 13.9. The lowest BCUT2D eigenvalue weighted by molar-refractivity contribution is 0.247. The van der Waals surface area contributed by atoms with Crippen LogP contribution in [0.15, 0.2) is 22.7 Å². The molecule has 0 aromatic heterocycles. The molecule has 1 heterocycles. The third kappa shape index (κ3) is 2.00. The summed E-state index contributed by atoms with van der Waals surface area (Å²) in [7, 11) is 0. The van der Waals surface area contributed by atoms with Gasteiger partial charge >= 0.3 is 6.03 Å². The number of halogens is 1. The molecule has 4 heteroatoms. The van der Waals surface area contributed by atoms with Gasteiger partial charge in [0, 0.05) is 23.2 Å². The molecule has 0 saturated heterocycles. The monoisotopic (exact) mass is 268 g/mol. The van der Waals surface area contributed by atoms with E-state index in [9.17, 15) is 4.79 Å². The van der Waals surface area contributed by atoms with Crippen LogP contribution >= 0.6 is 15.9 Å². The van der Waals surface area contributed by atoms with Crippen LogP contribution in [0.25, 0.3) is 0 Å². The van der Waals surface area contributed by atoms with Crippen molar-refractivity contribution in [1.29, 1.82) is 0 Å². The minimum atomic E-state index is -0.00132. The van der Waals surface area contributed by atoms with E-state index >= 15 is 0 Å². The summed E-state index contributed by atoms with van der Waals surface area (Å²) in [5.74, 6) is 0. The fraction of sp³-hybridized carbons (Fsp3) is 0.364. The van der Waals surface area contributed by atoms with Crippen molar-refractivity contribution >= 4 is 27.6 Å². The topological polar surface area (TPSA) is 32.3 Å². The van der Waals surface area contributed by atoms with Gasteiger partial charge in [-0.15, -0.1) is 0 Å². The van der Waals surface area contributed by atoms with Crippen molar-refractivity contribution < 1.29 is 4.79 Å². The zero-order valence-electron chi connectivity index (χ0n) is 8.59. The fourth-order valence-electron chi connectivity index (χ4n) is 1.83. The number of hydrogen-bond donors (Lipinski definition) is 1. The van der Waals surface area contributed by atoms with E-state index in [-0.39, 0.29) is 6.03 Å². The van der Waals surface area contributed by atoms with Gasteiger partial charge in [-0.25, -0.2) is 4.79 Å². The van der Waals surface area contributed by atoms with E-state index in [0.29, 0.717) is 6.54 Å². The molecule has 2 rings (SSSR count). The number of carbonyl (C=O) groups is 1. The molecule has 0 atom stereocenters. The van der Waals surface area contributed by atoms with Crippen LogP contribution in [0.4, 0.5) is 10.5 Å². The second-order valence-electron chi connectivity index (χ2n) is 3.51. The molecule has 0 unspecified atom stereocenters. The van der Waals surface area contributed by atoms with Gasteiger partial charge in [-0.3, -0.25) is 4.90 Å². The van der Waals surface area contributed by atoms with Crippen LogP contribution in [0.2, 0.25) is 0 Å². The second-order valence-corrected chi connectivity index (χ2v) is 4.43. The first-order valence-electron chi connectivity index (χ1n) is 5.06. The summed E-state index contributed by atoms with van der Waals surface area (Å²) >= 11 is 3.43. The second kappa shape index (κ2) is 4.23. The lowest BCUT2D eigenvalue weighted by Crippen LogP contribution is -2.38. The molecule has 0 bridgehead atoms. The van der Waals surface area contributed by atoms with Gasteiger partial charge in [0.05, 0.1) is 0 Å². The lowest BCUT2D eigenvalue weighted by atomic mass is 10.2. The Morgan fingerprint density at radius 2 is 2.40 bits per heavy atom. The summed E-state index contributed by atoms with van der Waals surface area (Å²) in [6.45, 7) is 3.37. The highest BCUT2D eigenvalue weighted by atomic mass is 79.9. The molecule has 0 spiro atoms. The maximum absolute atomic E-state index is 11.7. The van der Waals surface area contributed by atoms with Gasteiger partial charge in [0.25, 0.3) is 0 Å². The quantitative estimate of drug-likeness (QED) is 0.834. The van der Waals surface area contributed by atoms with Gasteiger partial charge in [-0.1, -0.05) is 15.9 Å². The maximum atomic E-state index is 11.7. The van der Waals surface area contributed by atoms with Crippen molar-refractivity contribution in [2.24, 2.45) is 0 Å². The Morgan fingerprint density at radius 3 is 3.13 bits per heavy atom. The lowest BCUT2D eigenvalue weighted by Gasteiger charge is -2.17. The van der Waals surface area contributed by atoms with Gasteiger partial charge in [-0.05, 0) is 37.1 Å². The number of urea groups is 1.